The maximum Gasteiger partial charge on any atom is 0.317 e. The van der Waals surface area contributed by atoms with Gasteiger partial charge < -0.3 is 14.2 Å². The Morgan fingerprint density at radius 3 is 2.30 bits per heavy atom. The molecule has 2 aromatic carbocycles. The number of carbonyl (C=O) groups excluding carboxylic acids is 2. The minimum absolute atomic E-state index is 0.318. The molecule has 0 amide bonds. The summed E-state index contributed by atoms with van der Waals surface area (Å²) >= 11 is 5.94. The van der Waals surface area contributed by atoms with E-state index in [1.54, 1.807) is 30.3 Å². The average molecular weight is 389 g/mol. The lowest BCUT2D eigenvalue weighted by Gasteiger charge is -2.39. The van der Waals surface area contributed by atoms with Gasteiger partial charge in [-0.1, -0.05) is 30.2 Å². The van der Waals surface area contributed by atoms with Gasteiger partial charge in [0, 0.05) is 5.02 Å². The van der Waals surface area contributed by atoms with Crippen molar-refractivity contribution in [1.29, 1.82) is 0 Å². The Morgan fingerprint density at radius 2 is 1.74 bits per heavy atom. The van der Waals surface area contributed by atoms with E-state index in [2.05, 4.69) is 0 Å². The van der Waals surface area contributed by atoms with E-state index in [0.29, 0.717) is 34.9 Å². The Bertz CT molecular complexity index is 840. The van der Waals surface area contributed by atoms with Crippen molar-refractivity contribution in [2.45, 2.75) is 24.7 Å². The van der Waals surface area contributed by atoms with Gasteiger partial charge in [0.05, 0.1) is 25.2 Å². The number of rotatable bonds is 7. The van der Waals surface area contributed by atoms with Crippen LogP contribution in [-0.4, -0.2) is 32.6 Å². The molecular formula is C21H21ClO5. The highest BCUT2D eigenvalue weighted by atomic mass is 35.5. The van der Waals surface area contributed by atoms with E-state index in [1.807, 2.05) is 12.1 Å². The molecule has 0 aromatic heterocycles. The van der Waals surface area contributed by atoms with Crippen LogP contribution in [0.25, 0.3) is 0 Å². The predicted octanol–water partition coefficient (Wildman–Crippen LogP) is 4.21. The summed E-state index contributed by atoms with van der Waals surface area (Å²) < 4.78 is 15.8. The number of benzene rings is 2. The molecule has 27 heavy (non-hydrogen) atoms. The first-order valence-electron chi connectivity index (χ1n) is 8.68. The SMILES string of the molecule is COc1ccc(OC)c(C(=O)COC(=O)C2(c3ccc(Cl)cc3)CCC2)c1. The van der Waals surface area contributed by atoms with E-state index in [4.69, 9.17) is 25.8 Å². The second-order valence-corrected chi connectivity index (χ2v) is 6.94. The Balaban J connectivity index is 1.73. The molecule has 6 heteroatoms. The lowest BCUT2D eigenvalue weighted by molar-refractivity contribution is -0.153. The smallest absolute Gasteiger partial charge is 0.317 e. The predicted molar refractivity (Wildman–Crippen MR) is 102 cm³/mol. The molecule has 0 unspecified atom stereocenters. The van der Waals surface area contributed by atoms with Gasteiger partial charge >= 0.3 is 5.97 Å². The lowest BCUT2D eigenvalue weighted by atomic mass is 9.64. The normalized spacial score (nSPS) is 14.8. The molecular weight excluding hydrogens is 368 g/mol. The van der Waals surface area contributed by atoms with Crippen LogP contribution in [0.4, 0.5) is 0 Å². The van der Waals surface area contributed by atoms with Gasteiger partial charge in [-0.05, 0) is 48.7 Å². The van der Waals surface area contributed by atoms with Gasteiger partial charge in [0.15, 0.2) is 6.61 Å². The summed E-state index contributed by atoms with van der Waals surface area (Å²) in [6.07, 6.45) is 2.34. The van der Waals surface area contributed by atoms with Crippen LogP contribution in [0.5, 0.6) is 11.5 Å². The van der Waals surface area contributed by atoms with E-state index < -0.39 is 5.41 Å². The van der Waals surface area contributed by atoms with Gasteiger partial charge in [-0.15, -0.1) is 0 Å². The molecule has 142 valence electrons. The third-order valence-corrected chi connectivity index (χ3v) is 5.29. The highest BCUT2D eigenvalue weighted by Gasteiger charge is 2.47. The summed E-state index contributed by atoms with van der Waals surface area (Å²) in [5.74, 6) is 0.214. The third kappa shape index (κ3) is 3.78. The summed E-state index contributed by atoms with van der Waals surface area (Å²) in [4.78, 5) is 25.4. The number of esters is 1. The van der Waals surface area contributed by atoms with Crippen molar-refractivity contribution in [3.8, 4) is 11.5 Å². The van der Waals surface area contributed by atoms with Crippen LogP contribution in [0.1, 0.15) is 35.2 Å². The van der Waals surface area contributed by atoms with E-state index in [-0.39, 0.29) is 18.4 Å². The summed E-state index contributed by atoms with van der Waals surface area (Å²) in [6, 6.07) is 12.1. The quantitative estimate of drug-likeness (QED) is 0.525. The van der Waals surface area contributed by atoms with Gasteiger partial charge in [0.25, 0.3) is 0 Å². The molecule has 0 N–H and O–H groups in total. The zero-order valence-electron chi connectivity index (χ0n) is 15.3. The van der Waals surface area contributed by atoms with Crippen LogP contribution in [0.3, 0.4) is 0 Å². The van der Waals surface area contributed by atoms with E-state index in [0.717, 1.165) is 12.0 Å². The first-order valence-corrected chi connectivity index (χ1v) is 9.06. The number of ketones is 1. The van der Waals surface area contributed by atoms with Crippen molar-refractivity contribution in [3.05, 3.63) is 58.6 Å². The number of carbonyl (C=O) groups is 2. The molecule has 0 radical (unpaired) electrons. The molecule has 0 atom stereocenters. The second-order valence-electron chi connectivity index (χ2n) is 6.51. The molecule has 3 rings (SSSR count). The zero-order chi connectivity index (χ0) is 19.4. The maximum absolute atomic E-state index is 12.8. The fourth-order valence-corrected chi connectivity index (χ4v) is 3.41. The molecule has 1 saturated carbocycles. The van der Waals surface area contributed by atoms with Gasteiger partial charge in [-0.25, -0.2) is 0 Å². The number of methoxy groups -OCH3 is 2. The zero-order valence-corrected chi connectivity index (χ0v) is 16.0. The summed E-state index contributed by atoms with van der Waals surface area (Å²) in [6.45, 7) is -0.350. The summed E-state index contributed by atoms with van der Waals surface area (Å²) in [7, 11) is 3.00. The van der Waals surface area contributed by atoms with Crippen molar-refractivity contribution >= 4 is 23.4 Å². The summed E-state index contributed by atoms with van der Waals surface area (Å²) in [5, 5.41) is 0.613. The Morgan fingerprint density at radius 1 is 1.04 bits per heavy atom. The molecule has 0 saturated heterocycles. The van der Waals surface area contributed by atoms with Gasteiger partial charge in [0.1, 0.15) is 11.5 Å². The second kappa shape index (κ2) is 8.01. The van der Waals surface area contributed by atoms with E-state index >= 15 is 0 Å². The molecule has 2 aromatic rings. The van der Waals surface area contributed by atoms with Gasteiger partial charge in [-0.2, -0.15) is 0 Å². The Hall–Kier alpha value is -2.53. The van der Waals surface area contributed by atoms with Crippen molar-refractivity contribution in [1.82, 2.24) is 0 Å². The first-order chi connectivity index (χ1) is 13.0. The van der Waals surface area contributed by atoms with Crippen LogP contribution in [0.15, 0.2) is 42.5 Å². The molecule has 1 aliphatic rings. The van der Waals surface area contributed by atoms with Crippen LogP contribution in [-0.2, 0) is 14.9 Å². The number of hydrogen-bond donors (Lipinski definition) is 0. The van der Waals surface area contributed by atoms with Crippen molar-refractivity contribution < 1.29 is 23.8 Å². The van der Waals surface area contributed by atoms with Crippen molar-refractivity contribution in [3.63, 3.8) is 0 Å². The number of halogens is 1. The average Bonchev–Trinajstić information content (AvgIpc) is 2.66. The molecule has 0 spiro atoms. The number of hydrogen-bond acceptors (Lipinski definition) is 5. The monoisotopic (exact) mass is 388 g/mol. The molecule has 1 fully saturated rings. The highest BCUT2D eigenvalue weighted by molar-refractivity contribution is 6.30. The van der Waals surface area contributed by atoms with Crippen molar-refractivity contribution in [2.24, 2.45) is 0 Å². The molecule has 0 aliphatic heterocycles. The van der Waals surface area contributed by atoms with E-state index in [1.165, 1.54) is 14.2 Å². The minimum atomic E-state index is -0.691. The Kier molecular flexibility index (Phi) is 5.71. The van der Waals surface area contributed by atoms with Gasteiger partial charge in [-0.3, -0.25) is 9.59 Å². The van der Waals surface area contributed by atoms with E-state index in [9.17, 15) is 9.59 Å². The molecule has 0 heterocycles. The largest absolute Gasteiger partial charge is 0.497 e. The maximum atomic E-state index is 12.8. The van der Waals surface area contributed by atoms with Crippen LogP contribution < -0.4 is 9.47 Å². The lowest BCUT2D eigenvalue weighted by Crippen LogP contribution is -2.44. The standard InChI is InChI=1S/C21H21ClO5/c1-25-16-8-9-19(26-2)17(12-16)18(23)13-27-20(24)21(10-3-11-21)14-4-6-15(22)7-5-14/h4-9,12H,3,10-11,13H2,1-2H3. The topological polar surface area (TPSA) is 61.8 Å². The van der Waals surface area contributed by atoms with Crippen LogP contribution in [0.2, 0.25) is 5.02 Å². The Labute approximate surface area is 163 Å². The van der Waals surface area contributed by atoms with Crippen LogP contribution in [0, 0.1) is 0 Å². The third-order valence-electron chi connectivity index (χ3n) is 5.04. The number of ether oxygens (including phenoxy) is 3. The summed E-state index contributed by atoms with van der Waals surface area (Å²) in [5.41, 5.74) is 0.497. The molecule has 1 aliphatic carbocycles. The van der Waals surface area contributed by atoms with Gasteiger partial charge in [0.2, 0.25) is 5.78 Å². The molecule has 5 nitrogen and oxygen atoms in total. The molecule has 0 bridgehead atoms. The van der Waals surface area contributed by atoms with Crippen LogP contribution >= 0.6 is 11.6 Å². The first kappa shape index (κ1) is 19.2. The minimum Gasteiger partial charge on any atom is -0.497 e. The highest BCUT2D eigenvalue weighted by Crippen LogP contribution is 2.45. The fourth-order valence-electron chi connectivity index (χ4n) is 3.29. The number of Topliss-reactive ketones (excluding diaryl/α,β-unsaturated/α-hetero) is 1. The fraction of sp³-hybridized carbons (Fsp3) is 0.333. The van der Waals surface area contributed by atoms with Crippen molar-refractivity contribution in [2.75, 3.05) is 20.8 Å².